The van der Waals surface area contributed by atoms with E-state index in [1.165, 1.54) is 11.3 Å². The van der Waals surface area contributed by atoms with Gasteiger partial charge in [0.15, 0.2) is 0 Å². The Hall–Kier alpha value is -1.02. The molecule has 1 aromatic heterocycles. The molecule has 0 amide bonds. The summed E-state index contributed by atoms with van der Waals surface area (Å²) in [4.78, 5) is 4.79. The normalized spacial score (nSPS) is 33.6. The number of hydrogen-bond donors (Lipinski definition) is 0. The molecule has 0 unspecified atom stereocenters. The summed E-state index contributed by atoms with van der Waals surface area (Å²) in [5.41, 5.74) is 0.871. The number of rotatable bonds is 2. The first-order chi connectivity index (χ1) is 11.0. The van der Waals surface area contributed by atoms with Crippen LogP contribution < -0.4 is 0 Å². The SMILES string of the molecule is Cc1nc2ccc(S(=O)(=O)N3C[C@@H]4[C@H](C3)[C@H]3CC[C@@H]4O3)cc2s1. The number of benzene rings is 1. The maximum atomic E-state index is 13.0. The maximum absolute atomic E-state index is 13.0. The lowest BCUT2D eigenvalue weighted by atomic mass is 9.82. The molecule has 4 atom stereocenters. The summed E-state index contributed by atoms with van der Waals surface area (Å²) in [6.45, 7) is 3.15. The van der Waals surface area contributed by atoms with E-state index >= 15 is 0 Å². The predicted octanol–water partition coefficient (Wildman–Crippen LogP) is 2.40. The Morgan fingerprint density at radius 2 is 1.91 bits per heavy atom. The van der Waals surface area contributed by atoms with E-state index in [1.54, 1.807) is 16.4 Å². The number of ether oxygens (including phenoxy) is 1. The topological polar surface area (TPSA) is 59.5 Å². The highest BCUT2D eigenvalue weighted by Gasteiger charge is 2.55. The van der Waals surface area contributed by atoms with Gasteiger partial charge in [-0.2, -0.15) is 4.31 Å². The summed E-state index contributed by atoms with van der Waals surface area (Å²) in [5, 5.41) is 0.957. The second kappa shape index (κ2) is 4.75. The fourth-order valence-electron chi connectivity index (χ4n) is 4.45. The van der Waals surface area contributed by atoms with Gasteiger partial charge < -0.3 is 4.74 Å². The van der Waals surface area contributed by atoms with Crippen molar-refractivity contribution in [3.63, 3.8) is 0 Å². The number of sulfonamides is 1. The van der Waals surface area contributed by atoms with Gasteiger partial charge in [0, 0.05) is 24.9 Å². The average Bonchev–Trinajstić information content (AvgIpc) is 3.26. The molecule has 5 rings (SSSR count). The minimum atomic E-state index is -3.43. The van der Waals surface area contributed by atoms with E-state index in [1.807, 2.05) is 13.0 Å². The average molecular weight is 350 g/mol. The number of aromatic nitrogens is 1. The smallest absolute Gasteiger partial charge is 0.243 e. The molecule has 122 valence electrons. The zero-order valence-electron chi connectivity index (χ0n) is 12.8. The lowest BCUT2D eigenvalue weighted by Gasteiger charge is -2.18. The molecule has 3 fully saturated rings. The molecule has 0 spiro atoms. The van der Waals surface area contributed by atoms with E-state index in [0.717, 1.165) is 28.1 Å². The van der Waals surface area contributed by atoms with Crippen molar-refractivity contribution in [3.8, 4) is 0 Å². The Morgan fingerprint density at radius 1 is 1.22 bits per heavy atom. The van der Waals surface area contributed by atoms with Crippen molar-refractivity contribution in [2.24, 2.45) is 11.8 Å². The van der Waals surface area contributed by atoms with Gasteiger partial charge in [0.05, 0.1) is 32.3 Å². The molecule has 3 aliphatic rings. The summed E-state index contributed by atoms with van der Waals surface area (Å²) < 4.78 is 34.6. The van der Waals surface area contributed by atoms with Crippen molar-refractivity contribution in [1.82, 2.24) is 9.29 Å². The van der Waals surface area contributed by atoms with Gasteiger partial charge in [-0.1, -0.05) is 0 Å². The Balaban J connectivity index is 1.49. The van der Waals surface area contributed by atoms with Crippen molar-refractivity contribution < 1.29 is 13.2 Å². The molecule has 0 saturated carbocycles. The van der Waals surface area contributed by atoms with Crippen LogP contribution >= 0.6 is 11.3 Å². The summed E-state index contributed by atoms with van der Waals surface area (Å²) >= 11 is 1.54. The quantitative estimate of drug-likeness (QED) is 0.834. The highest BCUT2D eigenvalue weighted by molar-refractivity contribution is 7.89. The maximum Gasteiger partial charge on any atom is 0.243 e. The predicted molar refractivity (Wildman–Crippen MR) is 88.0 cm³/mol. The lowest BCUT2D eigenvalue weighted by Crippen LogP contribution is -2.31. The third-order valence-electron chi connectivity index (χ3n) is 5.52. The third kappa shape index (κ3) is 2.03. The van der Waals surface area contributed by atoms with Crippen LogP contribution in [0.1, 0.15) is 17.8 Å². The summed E-state index contributed by atoms with van der Waals surface area (Å²) in [5.74, 6) is 0.774. The standard InChI is InChI=1S/C16H18N2O3S2/c1-9-17-13-3-2-10(6-16(13)22-9)23(19,20)18-7-11-12(8-18)15-5-4-14(11)21-15/h2-3,6,11-12,14-15H,4-5,7-8H2,1H3/t11-,12+,14+,15-. The molecular weight excluding hydrogens is 332 g/mol. The molecule has 23 heavy (non-hydrogen) atoms. The molecule has 0 aliphatic carbocycles. The van der Waals surface area contributed by atoms with Crippen LogP contribution in [0.25, 0.3) is 10.2 Å². The summed E-state index contributed by atoms with van der Waals surface area (Å²) in [6.07, 6.45) is 2.73. The summed E-state index contributed by atoms with van der Waals surface area (Å²) in [7, 11) is -3.43. The molecule has 5 nitrogen and oxygen atoms in total. The van der Waals surface area contributed by atoms with E-state index in [9.17, 15) is 8.42 Å². The number of fused-ring (bicyclic) bond motifs is 6. The number of nitrogens with zero attached hydrogens (tertiary/aromatic N) is 2. The second-order valence-electron chi connectivity index (χ2n) is 6.80. The van der Waals surface area contributed by atoms with Crippen LogP contribution in [0, 0.1) is 18.8 Å². The summed E-state index contributed by atoms with van der Waals surface area (Å²) in [6, 6.07) is 5.28. The largest absolute Gasteiger partial charge is 0.374 e. The van der Waals surface area contributed by atoms with Crippen molar-refractivity contribution in [2.75, 3.05) is 13.1 Å². The Kier molecular flexibility index (Phi) is 2.96. The molecule has 0 N–H and O–H groups in total. The lowest BCUT2D eigenvalue weighted by molar-refractivity contribution is 0.0779. The van der Waals surface area contributed by atoms with Crippen LogP contribution in [0.5, 0.6) is 0 Å². The van der Waals surface area contributed by atoms with Gasteiger partial charge >= 0.3 is 0 Å². The molecule has 3 saturated heterocycles. The van der Waals surface area contributed by atoms with E-state index in [4.69, 9.17) is 4.74 Å². The van der Waals surface area contributed by atoms with Crippen molar-refractivity contribution in [2.45, 2.75) is 36.9 Å². The third-order valence-corrected chi connectivity index (χ3v) is 8.29. The first-order valence-electron chi connectivity index (χ1n) is 8.05. The van der Waals surface area contributed by atoms with Crippen LogP contribution in [0.2, 0.25) is 0 Å². The first-order valence-corrected chi connectivity index (χ1v) is 10.3. The van der Waals surface area contributed by atoms with Crippen molar-refractivity contribution >= 4 is 31.6 Å². The highest BCUT2D eigenvalue weighted by Crippen LogP contribution is 2.48. The highest BCUT2D eigenvalue weighted by atomic mass is 32.2. The van der Waals surface area contributed by atoms with Gasteiger partial charge in [-0.15, -0.1) is 11.3 Å². The molecule has 1 aromatic carbocycles. The molecule has 2 aromatic rings. The van der Waals surface area contributed by atoms with Gasteiger partial charge in [-0.05, 0) is 38.0 Å². The molecule has 4 heterocycles. The van der Waals surface area contributed by atoms with E-state index < -0.39 is 10.0 Å². The van der Waals surface area contributed by atoms with E-state index in [-0.39, 0.29) is 12.2 Å². The fraction of sp³-hybridized carbons (Fsp3) is 0.562. The number of hydrogen-bond acceptors (Lipinski definition) is 5. The van der Waals surface area contributed by atoms with E-state index in [2.05, 4.69) is 4.98 Å². The zero-order chi connectivity index (χ0) is 15.8. The van der Waals surface area contributed by atoms with Gasteiger partial charge in [0.1, 0.15) is 0 Å². The Bertz CT molecular complexity index is 874. The van der Waals surface area contributed by atoms with Crippen molar-refractivity contribution in [1.29, 1.82) is 0 Å². The molecule has 0 radical (unpaired) electrons. The fourth-order valence-corrected chi connectivity index (χ4v) is 6.93. The van der Waals surface area contributed by atoms with Gasteiger partial charge in [0.25, 0.3) is 0 Å². The van der Waals surface area contributed by atoms with Crippen LogP contribution in [0.15, 0.2) is 23.1 Å². The van der Waals surface area contributed by atoms with E-state index in [0.29, 0.717) is 29.8 Å². The number of thiazole rings is 1. The van der Waals surface area contributed by atoms with Gasteiger partial charge in [0.2, 0.25) is 10.0 Å². The first kappa shape index (κ1) is 14.3. The Morgan fingerprint density at radius 3 is 2.61 bits per heavy atom. The van der Waals surface area contributed by atoms with Gasteiger partial charge in [-0.3, -0.25) is 0 Å². The van der Waals surface area contributed by atoms with Crippen molar-refractivity contribution in [3.05, 3.63) is 23.2 Å². The van der Waals surface area contributed by atoms with Crippen LogP contribution in [0.4, 0.5) is 0 Å². The molecule has 3 aliphatic heterocycles. The molecular formula is C16H18N2O3S2. The van der Waals surface area contributed by atoms with Crippen LogP contribution in [-0.2, 0) is 14.8 Å². The van der Waals surface area contributed by atoms with Crippen LogP contribution in [0.3, 0.4) is 0 Å². The van der Waals surface area contributed by atoms with Gasteiger partial charge in [-0.25, -0.2) is 13.4 Å². The molecule has 7 heteroatoms. The molecule has 2 bridgehead atoms. The van der Waals surface area contributed by atoms with Crippen LogP contribution in [-0.4, -0.2) is 43.0 Å². The monoisotopic (exact) mass is 350 g/mol. The zero-order valence-corrected chi connectivity index (χ0v) is 14.4. The minimum Gasteiger partial charge on any atom is -0.374 e. The second-order valence-corrected chi connectivity index (χ2v) is 9.98. The minimum absolute atomic E-state index is 0.275. The Labute approximate surface area is 139 Å². The number of aryl methyl sites for hydroxylation is 1.